The van der Waals surface area contributed by atoms with E-state index < -0.39 is 53.8 Å². The fraction of sp³-hybridized carbons (Fsp3) is 1.00. The zero-order valence-corrected chi connectivity index (χ0v) is 40.3. The summed E-state index contributed by atoms with van der Waals surface area (Å²) >= 11 is 0. The molecule has 0 aliphatic heterocycles. The van der Waals surface area contributed by atoms with Gasteiger partial charge in [-0.05, 0) is 124 Å². The van der Waals surface area contributed by atoms with Crippen LogP contribution in [0.2, 0.25) is 0 Å². The highest BCUT2D eigenvalue weighted by Crippen LogP contribution is 2.64. The molecule has 0 saturated heterocycles. The van der Waals surface area contributed by atoms with Crippen LogP contribution in [0.25, 0.3) is 0 Å². The molecule has 60 heavy (non-hydrogen) atoms. The molecule has 7 aliphatic carbocycles. The lowest BCUT2D eigenvalue weighted by Crippen LogP contribution is -2.25. The summed E-state index contributed by atoms with van der Waals surface area (Å²) in [6.45, 7) is 27.7. The number of hydrogen-bond donors (Lipinski definition) is 0. The summed E-state index contributed by atoms with van der Waals surface area (Å²) in [6.07, 6.45) is 14.4. The van der Waals surface area contributed by atoms with Crippen LogP contribution in [-0.4, -0.2) is 42.0 Å². The van der Waals surface area contributed by atoms with Crippen LogP contribution >= 0.6 is 0 Å². The first kappa shape index (κ1) is 57.3. The van der Waals surface area contributed by atoms with Crippen LogP contribution in [0.3, 0.4) is 0 Å². The zero-order chi connectivity index (χ0) is 46.6. The van der Waals surface area contributed by atoms with Gasteiger partial charge < -0.3 is 0 Å². The molecular weight excluding hydrogens is 791 g/mol. The van der Waals surface area contributed by atoms with E-state index in [-0.39, 0.29) is 30.1 Å². The predicted molar refractivity (Wildman–Crippen MR) is 232 cm³/mol. The van der Waals surface area contributed by atoms with E-state index in [1.165, 1.54) is 44.9 Å². The van der Waals surface area contributed by atoms with Gasteiger partial charge >= 0.3 is 11.8 Å². The van der Waals surface area contributed by atoms with Crippen LogP contribution in [0.1, 0.15) is 200 Å². The molecule has 0 radical (unpaired) electrons. The Hall–Kier alpha value is -0.700. The Morgan fingerprint density at radius 2 is 0.917 bits per heavy atom. The summed E-state index contributed by atoms with van der Waals surface area (Å²) in [4.78, 5) is 0. The molecule has 10 heteroatoms. The van der Waals surface area contributed by atoms with Crippen LogP contribution in [0, 0.1) is 76.9 Å². The lowest BCUT2D eigenvalue weighted by molar-refractivity contribution is -0.0658. The average molecular weight is 881 g/mol. The summed E-state index contributed by atoms with van der Waals surface area (Å²) in [5, 5.41) is 0. The lowest BCUT2D eigenvalue weighted by Gasteiger charge is -2.26. The second-order valence-electron chi connectivity index (χ2n) is 22.5. The highest BCUT2D eigenvalue weighted by molar-refractivity contribution is 5.13. The maximum absolute atomic E-state index is 12.8. The zero-order valence-electron chi connectivity index (χ0n) is 40.3. The monoisotopic (exact) mass is 881 g/mol. The van der Waals surface area contributed by atoms with Gasteiger partial charge in [0.25, 0.3) is 5.92 Å². The third-order valence-electron chi connectivity index (χ3n) is 12.4. The molecule has 7 aliphatic rings. The third-order valence-corrected chi connectivity index (χ3v) is 12.4. The van der Waals surface area contributed by atoms with E-state index in [0.29, 0.717) is 24.2 Å². The topological polar surface area (TPSA) is 0 Å². The predicted octanol–water partition coefficient (Wildman–Crippen LogP) is 18.2. The van der Waals surface area contributed by atoms with E-state index in [1.807, 2.05) is 27.7 Å². The maximum Gasteiger partial charge on any atom is 0.319 e. The molecule has 360 valence electrons. The molecule has 3 atom stereocenters. The summed E-state index contributed by atoms with van der Waals surface area (Å²) in [6, 6.07) is 0. The molecule has 0 bridgehead atoms. The first-order valence-corrected chi connectivity index (χ1v) is 24.1. The number of rotatable bonds is 14. The Balaban J connectivity index is 0.000000351. The molecule has 0 aromatic carbocycles. The highest BCUT2D eigenvalue weighted by atomic mass is 19.3. The van der Waals surface area contributed by atoms with Crippen molar-refractivity contribution in [3.05, 3.63) is 0 Å². The van der Waals surface area contributed by atoms with Gasteiger partial charge in [0, 0.05) is 17.8 Å². The molecule has 0 aromatic rings. The lowest BCUT2D eigenvalue weighted by atomic mass is 9.80. The quantitative estimate of drug-likeness (QED) is 0.153. The Morgan fingerprint density at radius 1 is 0.517 bits per heavy atom. The fourth-order valence-corrected chi connectivity index (χ4v) is 7.65. The van der Waals surface area contributed by atoms with Crippen LogP contribution in [0.15, 0.2) is 0 Å². The number of hydrogen-bond acceptors (Lipinski definition) is 0. The molecule has 0 heterocycles. The minimum atomic E-state index is -3.74. The molecule has 0 nitrogen and oxygen atoms in total. The van der Waals surface area contributed by atoms with Crippen molar-refractivity contribution < 1.29 is 43.9 Å². The van der Waals surface area contributed by atoms with Crippen molar-refractivity contribution in [3.63, 3.8) is 0 Å². The van der Waals surface area contributed by atoms with E-state index in [4.69, 9.17) is 0 Å². The first-order chi connectivity index (χ1) is 27.4. The molecule has 0 amide bonds. The van der Waals surface area contributed by atoms with Crippen molar-refractivity contribution in [1.29, 1.82) is 0 Å². The van der Waals surface area contributed by atoms with E-state index in [2.05, 4.69) is 41.5 Å². The van der Waals surface area contributed by atoms with E-state index >= 15 is 0 Å². The molecule has 0 N–H and O–H groups in total. The molecule has 7 fully saturated rings. The van der Waals surface area contributed by atoms with Crippen LogP contribution < -0.4 is 0 Å². The van der Waals surface area contributed by atoms with Gasteiger partial charge in [0.1, 0.15) is 24.2 Å². The second kappa shape index (κ2) is 25.1. The van der Waals surface area contributed by atoms with E-state index in [9.17, 15) is 43.9 Å². The SMILES string of the molecule is CC(C)C(F)(F)C1CC1.CC(C)C(F)C1CC1.CC(C)CC1(F)CC1.CC(C)CC1C(F)(F)C1(F)F.CC(C)CC1C(F)C1F.CC(C)CC1CC1.CC(C)CC1CCC1. The van der Waals surface area contributed by atoms with Crippen molar-refractivity contribution in [2.24, 2.45) is 76.9 Å². The third kappa shape index (κ3) is 22.8. The van der Waals surface area contributed by atoms with E-state index in [0.717, 1.165) is 68.6 Å². The summed E-state index contributed by atoms with van der Waals surface area (Å²) < 4.78 is 124. The van der Waals surface area contributed by atoms with Crippen molar-refractivity contribution in [2.75, 3.05) is 0 Å². The second-order valence-corrected chi connectivity index (χ2v) is 22.5. The molecule has 7 rings (SSSR count). The Bertz CT molecular complexity index is 1100. The Labute approximate surface area is 361 Å². The van der Waals surface area contributed by atoms with Gasteiger partial charge in [0.2, 0.25) is 0 Å². The Morgan fingerprint density at radius 3 is 1.03 bits per heavy atom. The molecular formula is C50H90F10. The number of alkyl halides is 10. The highest BCUT2D eigenvalue weighted by Gasteiger charge is 2.84. The van der Waals surface area contributed by atoms with Crippen molar-refractivity contribution >= 4 is 0 Å². The molecule has 7 saturated carbocycles. The smallest absolute Gasteiger partial charge is 0.247 e. The van der Waals surface area contributed by atoms with Crippen LogP contribution in [-0.2, 0) is 0 Å². The van der Waals surface area contributed by atoms with Gasteiger partial charge in [-0.25, -0.2) is 26.3 Å². The largest absolute Gasteiger partial charge is 0.319 e. The minimum Gasteiger partial charge on any atom is -0.247 e. The van der Waals surface area contributed by atoms with Gasteiger partial charge in [-0.3, -0.25) is 0 Å². The van der Waals surface area contributed by atoms with Gasteiger partial charge in [0.05, 0.1) is 5.92 Å². The fourth-order valence-electron chi connectivity index (χ4n) is 7.65. The van der Waals surface area contributed by atoms with Crippen molar-refractivity contribution in [3.8, 4) is 0 Å². The summed E-state index contributed by atoms with van der Waals surface area (Å²) in [5.41, 5.74) is -0.728. The molecule has 3 unspecified atom stereocenters. The standard InChI is InChI=1S/C8H16.C7H10F4.2C7H12F2.2C7H13F.C7H14/c1-7(2)6-8-4-3-5-8;1-4(2)3-5-6(8,9)7(5,10)11;1-5(2)7(8,9)6-3-4-6;1-4(2)3-5-6(8)7(5)9;1-6(2)5-7(8)3-4-7;1-5(2)7(8)6-3-4-6;1-6(2)5-7-3-4-7/h7-8H,3-6H2,1-2H3;4-5H,3H2,1-2H3;5-6H,3-4H2,1-2H3;4-7H,3H2,1-2H3;6H,3-5H2,1-2H3;5-7H,3-4H2,1-2H3;6-7H,3-5H2,1-2H3. The van der Waals surface area contributed by atoms with Crippen molar-refractivity contribution in [1.82, 2.24) is 0 Å². The maximum atomic E-state index is 12.8. The Kier molecular flexibility index (Phi) is 24.0. The van der Waals surface area contributed by atoms with Crippen LogP contribution in [0.5, 0.6) is 0 Å². The van der Waals surface area contributed by atoms with Gasteiger partial charge in [-0.2, -0.15) is 17.6 Å². The van der Waals surface area contributed by atoms with Gasteiger partial charge in [-0.15, -0.1) is 0 Å². The summed E-state index contributed by atoms with van der Waals surface area (Å²) in [7, 11) is 0. The normalized spacial score (nSPS) is 26.1. The summed E-state index contributed by atoms with van der Waals surface area (Å²) in [5.74, 6) is -7.01. The van der Waals surface area contributed by atoms with Crippen molar-refractivity contribution in [2.45, 2.75) is 242 Å². The average Bonchev–Trinajstić information content (AvgIpc) is 3.87. The van der Waals surface area contributed by atoms with E-state index in [1.54, 1.807) is 27.7 Å². The number of halogens is 10. The molecule has 0 aromatic heterocycles. The first-order valence-electron chi connectivity index (χ1n) is 24.1. The van der Waals surface area contributed by atoms with Gasteiger partial charge in [-0.1, -0.05) is 129 Å². The van der Waals surface area contributed by atoms with Gasteiger partial charge in [0.15, 0.2) is 0 Å². The molecule has 0 spiro atoms. The van der Waals surface area contributed by atoms with Crippen LogP contribution in [0.4, 0.5) is 43.9 Å². The minimum absolute atomic E-state index is 0.0972.